The van der Waals surface area contributed by atoms with Crippen molar-refractivity contribution in [2.45, 2.75) is 44.8 Å². The lowest BCUT2D eigenvalue weighted by atomic mass is 9.94. The van der Waals surface area contributed by atoms with Gasteiger partial charge in [-0.05, 0) is 44.0 Å². The Hall–Kier alpha value is -2.35. The number of anilines is 1. The van der Waals surface area contributed by atoms with Crippen LogP contribution in [0.4, 0.5) is 19.0 Å². The summed E-state index contributed by atoms with van der Waals surface area (Å²) >= 11 is 0. The number of halogens is 3. The van der Waals surface area contributed by atoms with Crippen LogP contribution in [0.15, 0.2) is 34.9 Å². The third kappa shape index (κ3) is 5.09. The van der Waals surface area contributed by atoms with Gasteiger partial charge in [-0.25, -0.2) is 0 Å². The number of aryl methyl sites for hydroxylation is 1. The summed E-state index contributed by atoms with van der Waals surface area (Å²) in [6.45, 7) is 3.10. The highest BCUT2D eigenvalue weighted by Crippen LogP contribution is 2.34. The zero-order valence-electron chi connectivity index (χ0n) is 15.1. The van der Waals surface area contributed by atoms with Gasteiger partial charge in [-0.15, -0.1) is 0 Å². The van der Waals surface area contributed by atoms with Gasteiger partial charge in [-0.2, -0.15) is 13.2 Å². The fraction of sp³-hybridized carbons (Fsp3) is 0.474. The highest BCUT2D eigenvalue weighted by molar-refractivity contribution is 5.89. The molecule has 1 amide bonds. The normalized spacial score (nSPS) is 18.4. The van der Waals surface area contributed by atoms with Gasteiger partial charge in [0.2, 0.25) is 5.91 Å². The molecule has 5 nitrogen and oxygen atoms in total. The molecule has 0 spiro atoms. The number of amides is 1. The van der Waals surface area contributed by atoms with Crippen molar-refractivity contribution in [3.05, 3.63) is 47.2 Å². The zero-order valence-corrected chi connectivity index (χ0v) is 15.1. The summed E-state index contributed by atoms with van der Waals surface area (Å²) in [6.07, 6.45) is -1.14. The summed E-state index contributed by atoms with van der Waals surface area (Å²) in [7, 11) is 0. The fourth-order valence-electron chi connectivity index (χ4n) is 3.41. The van der Waals surface area contributed by atoms with Crippen LogP contribution >= 0.6 is 0 Å². The van der Waals surface area contributed by atoms with E-state index in [1.54, 1.807) is 25.1 Å². The second-order valence-corrected chi connectivity index (χ2v) is 6.79. The number of piperidine rings is 1. The third-order valence-corrected chi connectivity index (χ3v) is 4.76. The van der Waals surface area contributed by atoms with Gasteiger partial charge >= 0.3 is 6.18 Å². The number of benzene rings is 1. The van der Waals surface area contributed by atoms with Crippen LogP contribution in [-0.4, -0.2) is 29.1 Å². The molecule has 0 saturated carbocycles. The maximum absolute atomic E-state index is 12.8. The second kappa shape index (κ2) is 8.12. The molecule has 1 saturated heterocycles. The molecule has 1 fully saturated rings. The van der Waals surface area contributed by atoms with Crippen molar-refractivity contribution in [2.75, 3.05) is 18.4 Å². The molecule has 27 heavy (non-hydrogen) atoms. The molecule has 1 atom stereocenters. The number of hydrogen-bond acceptors (Lipinski definition) is 4. The van der Waals surface area contributed by atoms with Crippen LogP contribution in [0.25, 0.3) is 0 Å². The van der Waals surface area contributed by atoms with E-state index in [1.165, 1.54) is 0 Å². The number of carbonyl (C=O) groups is 1. The quantitative estimate of drug-likeness (QED) is 0.825. The first-order valence-electron chi connectivity index (χ1n) is 8.97. The van der Waals surface area contributed by atoms with Gasteiger partial charge in [0.15, 0.2) is 5.82 Å². The van der Waals surface area contributed by atoms with Crippen molar-refractivity contribution in [3.63, 3.8) is 0 Å². The van der Waals surface area contributed by atoms with Gasteiger partial charge in [0.25, 0.3) is 0 Å². The van der Waals surface area contributed by atoms with E-state index < -0.39 is 11.7 Å². The molecule has 2 heterocycles. The molecule has 0 aliphatic carbocycles. The maximum atomic E-state index is 12.8. The van der Waals surface area contributed by atoms with E-state index in [1.807, 2.05) is 0 Å². The molecule has 3 rings (SSSR count). The van der Waals surface area contributed by atoms with E-state index in [2.05, 4.69) is 15.4 Å². The van der Waals surface area contributed by atoms with Gasteiger partial charge < -0.3 is 9.84 Å². The van der Waals surface area contributed by atoms with E-state index in [0.29, 0.717) is 18.1 Å². The largest absolute Gasteiger partial charge is 0.416 e. The minimum atomic E-state index is -4.33. The summed E-state index contributed by atoms with van der Waals surface area (Å²) in [5, 5.41) is 6.41. The molecule has 1 aliphatic heterocycles. The van der Waals surface area contributed by atoms with Crippen molar-refractivity contribution >= 4 is 11.7 Å². The van der Waals surface area contributed by atoms with Crippen molar-refractivity contribution in [1.29, 1.82) is 0 Å². The van der Waals surface area contributed by atoms with E-state index in [4.69, 9.17) is 4.52 Å². The average Bonchev–Trinajstić information content (AvgIpc) is 3.04. The minimum absolute atomic E-state index is 0.0307. The number of carbonyl (C=O) groups excluding carboxylic acids is 1. The number of hydrogen-bond donors (Lipinski definition) is 1. The maximum Gasteiger partial charge on any atom is 0.416 e. The van der Waals surface area contributed by atoms with Crippen LogP contribution < -0.4 is 5.32 Å². The first-order chi connectivity index (χ1) is 12.8. The van der Waals surface area contributed by atoms with Gasteiger partial charge in [0.1, 0.15) is 5.76 Å². The van der Waals surface area contributed by atoms with Gasteiger partial charge in [0, 0.05) is 25.1 Å². The standard InChI is InChI=1S/C19H22F3N3O2/c1-13-12-17(24-27-13)23-18(26)9-11-25-10-3-2-4-16(25)14-5-7-15(8-6-14)19(20,21)22/h5-8,12,16H,2-4,9-11H2,1H3,(H,23,24,26). The van der Waals surface area contributed by atoms with Crippen LogP contribution in [0.5, 0.6) is 0 Å². The zero-order chi connectivity index (χ0) is 19.4. The molecule has 1 N–H and O–H groups in total. The fourth-order valence-corrected chi connectivity index (χ4v) is 3.41. The van der Waals surface area contributed by atoms with Crippen molar-refractivity contribution in [2.24, 2.45) is 0 Å². The molecule has 1 aromatic carbocycles. The Morgan fingerprint density at radius 1 is 1.30 bits per heavy atom. The number of aromatic nitrogens is 1. The van der Waals surface area contributed by atoms with Crippen molar-refractivity contribution in [3.8, 4) is 0 Å². The first kappa shape index (κ1) is 19.4. The Balaban J connectivity index is 1.60. The Morgan fingerprint density at radius 3 is 2.67 bits per heavy atom. The van der Waals surface area contributed by atoms with E-state index in [-0.39, 0.29) is 18.4 Å². The summed E-state index contributed by atoms with van der Waals surface area (Å²) in [5.41, 5.74) is 0.214. The molecule has 146 valence electrons. The molecule has 1 unspecified atom stereocenters. The minimum Gasteiger partial charge on any atom is -0.360 e. The van der Waals surface area contributed by atoms with Gasteiger partial charge in [-0.1, -0.05) is 23.7 Å². The van der Waals surface area contributed by atoms with Crippen LogP contribution in [-0.2, 0) is 11.0 Å². The van der Waals surface area contributed by atoms with Crippen LogP contribution in [0, 0.1) is 6.92 Å². The van der Waals surface area contributed by atoms with Crippen LogP contribution in [0.1, 0.15) is 48.6 Å². The number of rotatable bonds is 5. The number of nitrogens with zero attached hydrogens (tertiary/aromatic N) is 2. The average molecular weight is 381 g/mol. The highest BCUT2D eigenvalue weighted by atomic mass is 19.4. The molecule has 1 aromatic heterocycles. The Morgan fingerprint density at radius 2 is 2.04 bits per heavy atom. The smallest absolute Gasteiger partial charge is 0.360 e. The van der Waals surface area contributed by atoms with E-state index in [9.17, 15) is 18.0 Å². The van der Waals surface area contributed by atoms with Gasteiger partial charge in [-0.3, -0.25) is 9.69 Å². The predicted octanol–water partition coefficient (Wildman–Crippen LogP) is 4.56. The molecule has 0 radical (unpaired) electrons. The summed E-state index contributed by atoms with van der Waals surface area (Å²) < 4.78 is 43.2. The van der Waals surface area contributed by atoms with Crippen molar-refractivity contribution < 1.29 is 22.5 Å². The van der Waals surface area contributed by atoms with Gasteiger partial charge in [0.05, 0.1) is 5.56 Å². The summed E-state index contributed by atoms with van der Waals surface area (Å²) in [5.74, 6) is 0.833. The molecule has 0 bridgehead atoms. The first-order valence-corrected chi connectivity index (χ1v) is 8.97. The van der Waals surface area contributed by atoms with E-state index >= 15 is 0 Å². The lowest BCUT2D eigenvalue weighted by Crippen LogP contribution is -2.35. The third-order valence-electron chi connectivity index (χ3n) is 4.76. The Labute approximate surface area is 155 Å². The lowest BCUT2D eigenvalue weighted by molar-refractivity contribution is -0.137. The van der Waals surface area contributed by atoms with Crippen molar-refractivity contribution in [1.82, 2.24) is 10.1 Å². The summed E-state index contributed by atoms with van der Waals surface area (Å²) in [4.78, 5) is 14.3. The molecular weight excluding hydrogens is 359 g/mol. The highest BCUT2D eigenvalue weighted by Gasteiger charge is 2.31. The Bertz CT molecular complexity index is 771. The molecule has 1 aliphatic rings. The Kier molecular flexibility index (Phi) is 5.84. The molecule has 8 heteroatoms. The number of likely N-dealkylation sites (tertiary alicyclic amines) is 1. The van der Waals surface area contributed by atoms with Crippen LogP contribution in [0.3, 0.4) is 0 Å². The predicted molar refractivity (Wildman–Crippen MR) is 94.1 cm³/mol. The topological polar surface area (TPSA) is 58.4 Å². The summed E-state index contributed by atoms with van der Waals surface area (Å²) in [6, 6.07) is 7.02. The molecular formula is C19H22F3N3O2. The SMILES string of the molecule is Cc1cc(NC(=O)CCN2CCCCC2c2ccc(C(F)(F)F)cc2)no1. The second-order valence-electron chi connectivity index (χ2n) is 6.79. The van der Waals surface area contributed by atoms with Crippen LogP contribution in [0.2, 0.25) is 0 Å². The number of nitrogens with one attached hydrogen (secondary N) is 1. The number of alkyl halides is 3. The molecule has 2 aromatic rings. The monoisotopic (exact) mass is 381 g/mol. The van der Waals surface area contributed by atoms with E-state index in [0.717, 1.165) is 43.5 Å². The lowest BCUT2D eigenvalue weighted by Gasteiger charge is -2.36.